The minimum Gasteiger partial charge on any atom is -0.497 e. The van der Waals surface area contributed by atoms with Gasteiger partial charge in [-0.05, 0) is 65.6 Å². The van der Waals surface area contributed by atoms with Crippen LogP contribution >= 0.6 is 0 Å². The molecular formula is C35H29FN4O4. The van der Waals surface area contributed by atoms with Crippen LogP contribution in [0.2, 0.25) is 0 Å². The summed E-state index contributed by atoms with van der Waals surface area (Å²) < 4.78 is 18.6. The SMILES string of the molecule is COc1ccc(C2c3[nH]c4ccccc4c3C[C@H]3C(=O)N(c4ccccc4C(=O)NCCc4ccc(F)cc4)C(=O)N23)cc1. The maximum absolute atomic E-state index is 14.3. The van der Waals surface area contributed by atoms with Gasteiger partial charge in [-0.15, -0.1) is 0 Å². The fourth-order valence-electron chi connectivity index (χ4n) is 6.36. The predicted octanol–water partition coefficient (Wildman–Crippen LogP) is 5.77. The summed E-state index contributed by atoms with van der Waals surface area (Å²) >= 11 is 0. The van der Waals surface area contributed by atoms with Crippen LogP contribution in [-0.4, -0.2) is 47.4 Å². The van der Waals surface area contributed by atoms with Crippen molar-refractivity contribution in [1.29, 1.82) is 0 Å². The average molecular weight is 589 g/mol. The molecule has 3 heterocycles. The van der Waals surface area contributed by atoms with E-state index in [1.165, 1.54) is 12.1 Å². The Morgan fingerprint density at radius 3 is 2.45 bits per heavy atom. The predicted molar refractivity (Wildman–Crippen MR) is 164 cm³/mol. The Labute approximate surface area is 253 Å². The van der Waals surface area contributed by atoms with Gasteiger partial charge in [-0.3, -0.25) is 14.5 Å². The number of carbonyl (C=O) groups excluding carboxylic acids is 3. The number of hydrogen-bond acceptors (Lipinski definition) is 4. The normalized spacial score (nSPS) is 17.5. The number of aromatic nitrogens is 1. The number of benzene rings is 4. The highest BCUT2D eigenvalue weighted by Crippen LogP contribution is 2.45. The molecule has 2 aliphatic heterocycles. The molecule has 220 valence electrons. The molecule has 0 spiro atoms. The lowest BCUT2D eigenvalue weighted by molar-refractivity contribution is -0.120. The van der Waals surface area contributed by atoms with Gasteiger partial charge in [-0.2, -0.15) is 0 Å². The number of amides is 4. The van der Waals surface area contributed by atoms with Crippen molar-refractivity contribution in [3.63, 3.8) is 0 Å². The number of ether oxygens (including phenoxy) is 1. The molecule has 4 amide bonds. The second-order valence-electron chi connectivity index (χ2n) is 11.0. The Morgan fingerprint density at radius 2 is 1.68 bits per heavy atom. The van der Waals surface area contributed by atoms with Gasteiger partial charge >= 0.3 is 6.03 Å². The number of methoxy groups -OCH3 is 1. The number of aromatic amines is 1. The van der Waals surface area contributed by atoms with Crippen LogP contribution in [0.15, 0.2) is 97.1 Å². The van der Waals surface area contributed by atoms with Crippen LogP contribution in [0.4, 0.5) is 14.9 Å². The zero-order valence-corrected chi connectivity index (χ0v) is 23.9. The minimum atomic E-state index is -0.754. The molecule has 0 bridgehead atoms. The Bertz CT molecular complexity index is 1900. The summed E-state index contributed by atoms with van der Waals surface area (Å²) in [7, 11) is 1.60. The van der Waals surface area contributed by atoms with Gasteiger partial charge in [0.15, 0.2) is 0 Å². The first kappa shape index (κ1) is 27.4. The maximum atomic E-state index is 14.3. The van der Waals surface area contributed by atoms with Crippen molar-refractivity contribution in [1.82, 2.24) is 15.2 Å². The van der Waals surface area contributed by atoms with Crippen LogP contribution in [0, 0.1) is 5.82 Å². The van der Waals surface area contributed by atoms with E-state index in [4.69, 9.17) is 4.74 Å². The minimum absolute atomic E-state index is 0.220. The van der Waals surface area contributed by atoms with Crippen molar-refractivity contribution >= 4 is 34.4 Å². The highest BCUT2D eigenvalue weighted by molar-refractivity contribution is 6.24. The zero-order valence-electron chi connectivity index (χ0n) is 23.9. The number of urea groups is 1. The van der Waals surface area contributed by atoms with Crippen LogP contribution in [0.5, 0.6) is 5.75 Å². The standard InChI is InChI=1S/C35H29FN4O4/c1-44-24-16-12-22(13-17-24)32-31-27(25-6-2-4-8-28(25)38-31)20-30-34(42)40(35(43)39(30)32)29-9-5-3-7-26(29)33(41)37-19-18-21-10-14-23(36)15-11-21/h2-17,30,32,38H,18-20H2,1H3,(H,37,41)/t30-,32?/m0/s1. The van der Waals surface area contributed by atoms with Crippen LogP contribution in [0.1, 0.15) is 38.8 Å². The van der Waals surface area contributed by atoms with Crippen LogP contribution < -0.4 is 15.0 Å². The number of H-pyrrole nitrogens is 1. The average Bonchev–Trinajstić information content (AvgIpc) is 3.54. The molecule has 5 aromatic rings. The number of hydrogen-bond donors (Lipinski definition) is 2. The monoisotopic (exact) mass is 588 g/mol. The maximum Gasteiger partial charge on any atom is 0.332 e. The van der Waals surface area contributed by atoms with E-state index < -0.39 is 24.0 Å². The molecule has 0 radical (unpaired) electrons. The van der Waals surface area contributed by atoms with Crippen LogP contribution in [0.25, 0.3) is 10.9 Å². The molecule has 7 rings (SSSR count). The van der Waals surface area contributed by atoms with Gasteiger partial charge < -0.3 is 15.0 Å². The second kappa shape index (κ2) is 11.0. The number of para-hydroxylation sites is 2. The highest BCUT2D eigenvalue weighted by Gasteiger charge is 2.53. The van der Waals surface area contributed by atoms with E-state index in [0.29, 0.717) is 25.1 Å². The van der Waals surface area contributed by atoms with Gasteiger partial charge in [-0.25, -0.2) is 14.1 Å². The van der Waals surface area contributed by atoms with E-state index >= 15 is 0 Å². The van der Waals surface area contributed by atoms with Gasteiger partial charge in [-0.1, -0.05) is 54.6 Å². The summed E-state index contributed by atoms with van der Waals surface area (Å²) in [6, 6.07) is 26.4. The van der Waals surface area contributed by atoms with E-state index in [9.17, 15) is 18.8 Å². The summed E-state index contributed by atoms with van der Waals surface area (Å²) in [5, 5.41) is 3.90. The third kappa shape index (κ3) is 4.57. The molecule has 1 aromatic heterocycles. The summed E-state index contributed by atoms with van der Waals surface area (Å²) in [5.41, 5.74) is 4.97. The molecule has 2 aliphatic rings. The topological polar surface area (TPSA) is 94.7 Å². The van der Waals surface area contributed by atoms with Crippen molar-refractivity contribution in [2.24, 2.45) is 0 Å². The lowest BCUT2D eigenvalue weighted by atomic mass is 9.89. The number of fused-ring (bicyclic) bond motifs is 4. The Balaban J connectivity index is 1.23. The smallest absolute Gasteiger partial charge is 0.332 e. The first-order chi connectivity index (χ1) is 21.4. The molecule has 1 fully saturated rings. The molecule has 2 N–H and O–H groups in total. The quantitative estimate of drug-likeness (QED) is 0.236. The summed E-state index contributed by atoms with van der Waals surface area (Å²) in [6.07, 6.45) is 0.847. The van der Waals surface area contributed by atoms with Crippen molar-refractivity contribution in [3.05, 3.63) is 131 Å². The fraction of sp³-hybridized carbons (Fsp3) is 0.171. The second-order valence-corrected chi connectivity index (χ2v) is 11.0. The Hall–Kier alpha value is -5.44. The zero-order chi connectivity index (χ0) is 30.4. The number of nitrogens with zero attached hydrogens (tertiary/aromatic N) is 2. The first-order valence-electron chi connectivity index (χ1n) is 14.5. The highest BCUT2D eigenvalue weighted by atomic mass is 19.1. The molecule has 1 saturated heterocycles. The van der Waals surface area contributed by atoms with Crippen molar-refractivity contribution in [3.8, 4) is 5.75 Å². The summed E-state index contributed by atoms with van der Waals surface area (Å²) in [4.78, 5) is 48.2. The number of nitrogens with one attached hydrogen (secondary N) is 2. The van der Waals surface area contributed by atoms with E-state index in [0.717, 1.165) is 38.2 Å². The molecule has 9 heteroatoms. The third-order valence-corrected chi connectivity index (χ3v) is 8.48. The first-order valence-corrected chi connectivity index (χ1v) is 14.5. The molecule has 0 aliphatic carbocycles. The van der Waals surface area contributed by atoms with Gasteiger partial charge in [0.1, 0.15) is 23.7 Å². The fourth-order valence-corrected chi connectivity index (χ4v) is 6.36. The summed E-state index contributed by atoms with van der Waals surface area (Å²) in [5.74, 6) is -0.424. The molecule has 4 aromatic carbocycles. The van der Waals surface area contributed by atoms with Crippen molar-refractivity contribution in [2.45, 2.75) is 24.9 Å². The Morgan fingerprint density at radius 1 is 0.955 bits per heavy atom. The van der Waals surface area contributed by atoms with E-state index in [2.05, 4.69) is 10.3 Å². The van der Waals surface area contributed by atoms with Gasteiger partial charge in [0.05, 0.1) is 18.4 Å². The lowest BCUT2D eigenvalue weighted by Crippen LogP contribution is -2.44. The van der Waals surface area contributed by atoms with E-state index in [1.807, 2.05) is 48.5 Å². The number of rotatable bonds is 7. The third-order valence-electron chi connectivity index (χ3n) is 8.48. The molecule has 1 unspecified atom stereocenters. The number of imide groups is 1. The summed E-state index contributed by atoms with van der Waals surface area (Å²) in [6.45, 7) is 0.302. The van der Waals surface area contributed by atoms with Gasteiger partial charge in [0.2, 0.25) is 0 Å². The molecule has 8 nitrogen and oxygen atoms in total. The largest absolute Gasteiger partial charge is 0.497 e. The molecule has 2 atom stereocenters. The number of carbonyl (C=O) groups is 3. The molecular weight excluding hydrogens is 559 g/mol. The number of halogens is 1. The van der Waals surface area contributed by atoms with Crippen LogP contribution in [-0.2, 0) is 17.6 Å². The van der Waals surface area contributed by atoms with Gasteiger partial charge in [0.25, 0.3) is 11.8 Å². The lowest BCUT2D eigenvalue weighted by Gasteiger charge is -2.36. The van der Waals surface area contributed by atoms with Gasteiger partial charge in [0, 0.05) is 29.6 Å². The number of anilines is 1. The van der Waals surface area contributed by atoms with Crippen molar-refractivity contribution < 1.29 is 23.5 Å². The Kier molecular flexibility index (Phi) is 6.85. The molecule has 0 saturated carbocycles. The van der Waals surface area contributed by atoms with E-state index in [-0.39, 0.29) is 23.0 Å². The molecule has 44 heavy (non-hydrogen) atoms. The van der Waals surface area contributed by atoms with Crippen molar-refractivity contribution in [2.75, 3.05) is 18.6 Å². The van der Waals surface area contributed by atoms with Crippen LogP contribution in [0.3, 0.4) is 0 Å². The van der Waals surface area contributed by atoms with E-state index in [1.54, 1.807) is 48.4 Å².